The number of rotatable bonds is 8. The van der Waals surface area contributed by atoms with Gasteiger partial charge in [0.15, 0.2) is 0 Å². The monoisotopic (exact) mass is 238 g/mol. The van der Waals surface area contributed by atoms with Gasteiger partial charge in [-0.3, -0.25) is 0 Å². The van der Waals surface area contributed by atoms with E-state index >= 15 is 0 Å². The van der Waals surface area contributed by atoms with Gasteiger partial charge in [0.2, 0.25) is 0 Å². The zero-order valence-corrected chi connectivity index (χ0v) is 10.6. The summed E-state index contributed by atoms with van der Waals surface area (Å²) in [5, 5.41) is 20.8. The molecule has 17 heavy (non-hydrogen) atoms. The van der Waals surface area contributed by atoms with E-state index in [0.717, 1.165) is 18.8 Å². The summed E-state index contributed by atoms with van der Waals surface area (Å²) in [6.07, 6.45) is 1.31. The zero-order valence-electron chi connectivity index (χ0n) is 10.6. The minimum atomic E-state index is -0.341. The number of likely N-dealkylation sites (N-methyl/N-ethyl adjacent to an activating group) is 1. The molecule has 1 aromatic heterocycles. The lowest BCUT2D eigenvalue weighted by atomic mass is 10.3. The fourth-order valence-corrected chi connectivity index (χ4v) is 1.64. The SMILES string of the molecule is CCN(CC)CC(O)CNCc1cccnn1. The summed E-state index contributed by atoms with van der Waals surface area (Å²) in [7, 11) is 0. The topological polar surface area (TPSA) is 61.3 Å². The molecule has 0 saturated carbocycles. The standard InChI is InChI=1S/C12H22N4O/c1-3-16(4-2)10-12(17)9-13-8-11-6-5-7-14-15-11/h5-7,12-13,17H,3-4,8-10H2,1-2H3. The van der Waals surface area contributed by atoms with Crippen LogP contribution in [-0.2, 0) is 6.54 Å². The van der Waals surface area contributed by atoms with E-state index < -0.39 is 0 Å². The average Bonchev–Trinajstić information content (AvgIpc) is 2.37. The van der Waals surface area contributed by atoms with Gasteiger partial charge in [0, 0.05) is 25.8 Å². The minimum Gasteiger partial charge on any atom is -0.390 e. The molecule has 0 fully saturated rings. The first-order valence-electron chi connectivity index (χ1n) is 6.14. The van der Waals surface area contributed by atoms with Crippen molar-refractivity contribution in [2.24, 2.45) is 0 Å². The van der Waals surface area contributed by atoms with Crippen LogP contribution in [0.1, 0.15) is 19.5 Å². The summed E-state index contributed by atoms with van der Waals surface area (Å²) in [6, 6.07) is 3.77. The van der Waals surface area contributed by atoms with Gasteiger partial charge in [-0.1, -0.05) is 13.8 Å². The third-order valence-corrected chi connectivity index (χ3v) is 2.68. The minimum absolute atomic E-state index is 0.341. The van der Waals surface area contributed by atoms with Gasteiger partial charge in [0.25, 0.3) is 0 Å². The molecule has 96 valence electrons. The van der Waals surface area contributed by atoms with Gasteiger partial charge in [0.1, 0.15) is 0 Å². The fourth-order valence-electron chi connectivity index (χ4n) is 1.64. The molecule has 0 aromatic carbocycles. The van der Waals surface area contributed by atoms with Crippen molar-refractivity contribution in [2.75, 3.05) is 26.2 Å². The van der Waals surface area contributed by atoms with Crippen LogP contribution in [0.15, 0.2) is 18.3 Å². The van der Waals surface area contributed by atoms with Crippen LogP contribution in [0, 0.1) is 0 Å². The Labute approximate surface area is 103 Å². The molecular formula is C12H22N4O. The van der Waals surface area contributed by atoms with Gasteiger partial charge in [-0.05, 0) is 25.2 Å². The van der Waals surface area contributed by atoms with E-state index in [0.29, 0.717) is 19.6 Å². The van der Waals surface area contributed by atoms with E-state index in [1.807, 2.05) is 12.1 Å². The van der Waals surface area contributed by atoms with Crippen LogP contribution in [0.2, 0.25) is 0 Å². The maximum Gasteiger partial charge on any atom is 0.0791 e. The lowest BCUT2D eigenvalue weighted by Crippen LogP contribution is -2.38. The van der Waals surface area contributed by atoms with Crippen molar-refractivity contribution in [1.82, 2.24) is 20.4 Å². The summed E-state index contributed by atoms with van der Waals surface area (Å²) < 4.78 is 0. The first-order valence-corrected chi connectivity index (χ1v) is 6.14. The summed E-state index contributed by atoms with van der Waals surface area (Å²) >= 11 is 0. The normalized spacial score (nSPS) is 12.9. The first-order chi connectivity index (χ1) is 8.26. The lowest BCUT2D eigenvalue weighted by Gasteiger charge is -2.21. The Hall–Kier alpha value is -1.04. The second-order valence-electron chi connectivity index (χ2n) is 3.99. The molecule has 2 N–H and O–H groups in total. The molecule has 0 radical (unpaired) electrons. The molecule has 1 rings (SSSR count). The summed E-state index contributed by atoms with van der Waals surface area (Å²) in [5.41, 5.74) is 0.891. The van der Waals surface area contributed by atoms with Crippen LogP contribution in [0.3, 0.4) is 0 Å². The van der Waals surface area contributed by atoms with Crippen molar-refractivity contribution in [2.45, 2.75) is 26.5 Å². The highest BCUT2D eigenvalue weighted by atomic mass is 16.3. The van der Waals surface area contributed by atoms with Crippen molar-refractivity contribution >= 4 is 0 Å². The Balaban J connectivity index is 2.18. The van der Waals surface area contributed by atoms with E-state index in [-0.39, 0.29) is 6.10 Å². The quantitative estimate of drug-likeness (QED) is 0.680. The fraction of sp³-hybridized carbons (Fsp3) is 0.667. The van der Waals surface area contributed by atoms with E-state index in [2.05, 4.69) is 34.3 Å². The molecule has 1 aromatic rings. The smallest absolute Gasteiger partial charge is 0.0791 e. The molecule has 1 heterocycles. The second kappa shape index (κ2) is 8.11. The van der Waals surface area contributed by atoms with Crippen molar-refractivity contribution in [3.05, 3.63) is 24.0 Å². The highest BCUT2D eigenvalue weighted by molar-refractivity contribution is 4.98. The van der Waals surface area contributed by atoms with Gasteiger partial charge in [-0.15, -0.1) is 0 Å². The third-order valence-electron chi connectivity index (χ3n) is 2.68. The first kappa shape index (κ1) is 14.0. The summed E-state index contributed by atoms with van der Waals surface area (Å²) in [4.78, 5) is 2.20. The van der Waals surface area contributed by atoms with Crippen LogP contribution in [0.25, 0.3) is 0 Å². The number of nitrogens with zero attached hydrogens (tertiary/aromatic N) is 3. The molecule has 0 aliphatic rings. The third kappa shape index (κ3) is 5.72. The van der Waals surface area contributed by atoms with Gasteiger partial charge in [0.05, 0.1) is 11.8 Å². The van der Waals surface area contributed by atoms with Crippen LogP contribution >= 0.6 is 0 Å². The van der Waals surface area contributed by atoms with Crippen LogP contribution in [0.4, 0.5) is 0 Å². The largest absolute Gasteiger partial charge is 0.390 e. The number of hydrogen-bond donors (Lipinski definition) is 2. The molecule has 0 aliphatic heterocycles. The van der Waals surface area contributed by atoms with Crippen molar-refractivity contribution in [3.8, 4) is 0 Å². The van der Waals surface area contributed by atoms with E-state index in [9.17, 15) is 5.11 Å². The molecular weight excluding hydrogens is 216 g/mol. The van der Waals surface area contributed by atoms with Crippen molar-refractivity contribution in [3.63, 3.8) is 0 Å². The number of hydrogen-bond acceptors (Lipinski definition) is 5. The van der Waals surface area contributed by atoms with Crippen molar-refractivity contribution in [1.29, 1.82) is 0 Å². The van der Waals surface area contributed by atoms with E-state index in [1.54, 1.807) is 6.20 Å². The highest BCUT2D eigenvalue weighted by Gasteiger charge is 2.08. The van der Waals surface area contributed by atoms with Crippen LogP contribution < -0.4 is 5.32 Å². The lowest BCUT2D eigenvalue weighted by molar-refractivity contribution is 0.116. The average molecular weight is 238 g/mol. The summed E-state index contributed by atoms with van der Waals surface area (Å²) in [6.45, 7) is 8.07. The predicted octanol–water partition coefficient (Wildman–Crippen LogP) is 0.269. The Bertz CT molecular complexity index is 290. The van der Waals surface area contributed by atoms with E-state index in [4.69, 9.17) is 0 Å². The van der Waals surface area contributed by atoms with Crippen molar-refractivity contribution < 1.29 is 5.11 Å². The van der Waals surface area contributed by atoms with Gasteiger partial charge in [-0.25, -0.2) is 0 Å². The van der Waals surface area contributed by atoms with Crippen LogP contribution in [-0.4, -0.2) is 52.5 Å². The maximum absolute atomic E-state index is 9.82. The molecule has 0 aliphatic carbocycles. The Morgan fingerprint density at radius 2 is 2.18 bits per heavy atom. The molecule has 5 heteroatoms. The predicted molar refractivity (Wildman–Crippen MR) is 67.5 cm³/mol. The Kier molecular flexibility index (Phi) is 6.69. The molecule has 0 amide bonds. The number of aliphatic hydroxyl groups excluding tert-OH is 1. The van der Waals surface area contributed by atoms with Gasteiger partial charge in [-0.2, -0.15) is 10.2 Å². The van der Waals surface area contributed by atoms with E-state index in [1.165, 1.54) is 0 Å². The number of aliphatic hydroxyl groups is 1. The molecule has 1 unspecified atom stereocenters. The van der Waals surface area contributed by atoms with Crippen LogP contribution in [0.5, 0.6) is 0 Å². The maximum atomic E-state index is 9.82. The molecule has 5 nitrogen and oxygen atoms in total. The van der Waals surface area contributed by atoms with Gasteiger partial charge >= 0.3 is 0 Å². The molecule has 0 saturated heterocycles. The highest BCUT2D eigenvalue weighted by Crippen LogP contribution is 1.93. The van der Waals surface area contributed by atoms with Gasteiger partial charge < -0.3 is 15.3 Å². The Morgan fingerprint density at radius 1 is 1.41 bits per heavy atom. The summed E-state index contributed by atoms with van der Waals surface area (Å²) in [5.74, 6) is 0. The molecule has 0 spiro atoms. The Morgan fingerprint density at radius 3 is 2.76 bits per heavy atom. The second-order valence-corrected chi connectivity index (χ2v) is 3.99. The zero-order chi connectivity index (χ0) is 12.5. The molecule has 0 bridgehead atoms. The number of nitrogens with one attached hydrogen (secondary N) is 1. The number of aromatic nitrogens is 2. The molecule has 1 atom stereocenters.